The van der Waals surface area contributed by atoms with Gasteiger partial charge in [0.05, 0.1) is 24.4 Å². The maximum Gasteiger partial charge on any atom is 0.232 e. The number of aromatic nitrogens is 2. The van der Waals surface area contributed by atoms with E-state index in [0.29, 0.717) is 22.5 Å². The molecule has 0 saturated carbocycles. The second-order valence-electron chi connectivity index (χ2n) is 2.70. The molecule has 0 aliphatic heterocycles. The zero-order valence-corrected chi connectivity index (χ0v) is 7.56. The van der Waals surface area contributed by atoms with E-state index in [4.69, 9.17) is 10.00 Å². The first kappa shape index (κ1) is 8.45. The standard InChI is InChI=1S/C10H7N3O/c1-14-9-6-12-8-4-2-3-7(5-11)10(8)13-9/h2-4,6H,1H3. The molecular weight excluding hydrogens is 178 g/mol. The maximum atomic E-state index is 8.84. The van der Waals surface area contributed by atoms with Crippen molar-refractivity contribution in [1.29, 1.82) is 5.26 Å². The summed E-state index contributed by atoms with van der Waals surface area (Å²) in [6, 6.07) is 7.36. The van der Waals surface area contributed by atoms with Crippen molar-refractivity contribution < 1.29 is 4.74 Å². The summed E-state index contributed by atoms with van der Waals surface area (Å²) in [5, 5.41) is 8.84. The van der Waals surface area contributed by atoms with Crippen LogP contribution in [-0.2, 0) is 0 Å². The van der Waals surface area contributed by atoms with Gasteiger partial charge in [-0.3, -0.25) is 0 Å². The van der Waals surface area contributed by atoms with Gasteiger partial charge in [-0.2, -0.15) is 5.26 Å². The van der Waals surface area contributed by atoms with Crippen molar-refractivity contribution >= 4 is 11.0 Å². The van der Waals surface area contributed by atoms with Gasteiger partial charge in [0.25, 0.3) is 0 Å². The van der Waals surface area contributed by atoms with Gasteiger partial charge in [0.2, 0.25) is 5.88 Å². The Balaban J connectivity index is 2.78. The highest BCUT2D eigenvalue weighted by molar-refractivity contribution is 5.80. The van der Waals surface area contributed by atoms with Crippen LogP contribution in [0, 0.1) is 11.3 Å². The van der Waals surface area contributed by atoms with E-state index in [1.807, 2.05) is 6.07 Å². The summed E-state index contributed by atoms with van der Waals surface area (Å²) in [6.07, 6.45) is 1.53. The van der Waals surface area contributed by atoms with Gasteiger partial charge in [-0.25, -0.2) is 9.97 Å². The molecule has 0 spiro atoms. The Labute approximate surface area is 80.8 Å². The lowest BCUT2D eigenvalue weighted by Crippen LogP contribution is -1.92. The smallest absolute Gasteiger partial charge is 0.232 e. The van der Waals surface area contributed by atoms with Crippen LogP contribution in [0.2, 0.25) is 0 Å². The highest BCUT2D eigenvalue weighted by Crippen LogP contribution is 2.16. The van der Waals surface area contributed by atoms with Gasteiger partial charge in [0, 0.05) is 0 Å². The molecule has 2 aromatic rings. The van der Waals surface area contributed by atoms with Crippen molar-refractivity contribution in [3.05, 3.63) is 30.0 Å². The van der Waals surface area contributed by atoms with Crippen LogP contribution in [0.1, 0.15) is 5.56 Å². The number of rotatable bonds is 1. The van der Waals surface area contributed by atoms with Crippen molar-refractivity contribution in [3.63, 3.8) is 0 Å². The Morgan fingerprint density at radius 2 is 2.29 bits per heavy atom. The van der Waals surface area contributed by atoms with Gasteiger partial charge >= 0.3 is 0 Å². The number of nitriles is 1. The van der Waals surface area contributed by atoms with E-state index < -0.39 is 0 Å². The van der Waals surface area contributed by atoms with E-state index in [2.05, 4.69) is 16.0 Å². The molecule has 2 rings (SSSR count). The molecule has 0 atom stereocenters. The van der Waals surface area contributed by atoms with Crippen LogP contribution in [0.4, 0.5) is 0 Å². The Bertz CT molecular complexity index is 516. The highest BCUT2D eigenvalue weighted by atomic mass is 16.5. The van der Waals surface area contributed by atoms with E-state index in [0.717, 1.165) is 0 Å². The quantitative estimate of drug-likeness (QED) is 0.675. The van der Waals surface area contributed by atoms with E-state index in [9.17, 15) is 0 Å². The number of ether oxygens (including phenoxy) is 1. The number of methoxy groups -OCH3 is 1. The number of hydrogen-bond acceptors (Lipinski definition) is 4. The Morgan fingerprint density at radius 1 is 1.43 bits per heavy atom. The molecule has 0 bridgehead atoms. The third-order valence-electron chi connectivity index (χ3n) is 1.88. The fourth-order valence-corrected chi connectivity index (χ4v) is 1.21. The second kappa shape index (κ2) is 3.30. The molecule has 0 aliphatic rings. The average Bonchev–Trinajstić information content (AvgIpc) is 2.27. The summed E-state index contributed by atoms with van der Waals surface area (Å²) in [6.45, 7) is 0. The van der Waals surface area contributed by atoms with Crippen LogP contribution in [0.15, 0.2) is 24.4 Å². The van der Waals surface area contributed by atoms with Crippen LogP contribution < -0.4 is 4.74 Å². The minimum Gasteiger partial charge on any atom is -0.480 e. The fraction of sp³-hybridized carbons (Fsp3) is 0.100. The van der Waals surface area contributed by atoms with E-state index >= 15 is 0 Å². The van der Waals surface area contributed by atoms with Gasteiger partial charge in [0.15, 0.2) is 0 Å². The Kier molecular flexibility index (Phi) is 1.99. The predicted molar refractivity (Wildman–Crippen MR) is 50.8 cm³/mol. The maximum absolute atomic E-state index is 8.84. The van der Waals surface area contributed by atoms with Crippen LogP contribution >= 0.6 is 0 Å². The van der Waals surface area contributed by atoms with E-state index in [1.165, 1.54) is 13.3 Å². The first-order valence-electron chi connectivity index (χ1n) is 4.05. The van der Waals surface area contributed by atoms with E-state index in [1.54, 1.807) is 12.1 Å². The van der Waals surface area contributed by atoms with Crippen LogP contribution in [-0.4, -0.2) is 17.1 Å². The zero-order chi connectivity index (χ0) is 9.97. The summed E-state index contributed by atoms with van der Waals surface area (Å²) in [5.74, 6) is 0.417. The topological polar surface area (TPSA) is 58.8 Å². The molecule has 0 unspecified atom stereocenters. The summed E-state index contributed by atoms with van der Waals surface area (Å²) >= 11 is 0. The summed E-state index contributed by atoms with van der Waals surface area (Å²) in [4.78, 5) is 8.28. The van der Waals surface area contributed by atoms with Gasteiger partial charge in [-0.15, -0.1) is 0 Å². The van der Waals surface area contributed by atoms with Crippen molar-refractivity contribution in [2.45, 2.75) is 0 Å². The molecular formula is C10H7N3O. The molecule has 1 heterocycles. The Morgan fingerprint density at radius 3 is 3.00 bits per heavy atom. The van der Waals surface area contributed by atoms with Gasteiger partial charge < -0.3 is 4.74 Å². The lowest BCUT2D eigenvalue weighted by atomic mass is 10.2. The minimum atomic E-state index is 0.417. The van der Waals surface area contributed by atoms with Gasteiger partial charge in [-0.05, 0) is 12.1 Å². The molecule has 0 aliphatic carbocycles. The van der Waals surface area contributed by atoms with Crippen LogP contribution in [0.25, 0.3) is 11.0 Å². The molecule has 4 heteroatoms. The number of hydrogen-bond donors (Lipinski definition) is 0. The monoisotopic (exact) mass is 185 g/mol. The molecule has 0 N–H and O–H groups in total. The van der Waals surface area contributed by atoms with Crippen LogP contribution in [0.3, 0.4) is 0 Å². The number of fused-ring (bicyclic) bond motifs is 1. The third-order valence-corrected chi connectivity index (χ3v) is 1.88. The predicted octanol–water partition coefficient (Wildman–Crippen LogP) is 1.51. The molecule has 0 radical (unpaired) electrons. The molecule has 0 amide bonds. The Hall–Kier alpha value is -2.15. The molecule has 1 aromatic carbocycles. The molecule has 68 valence electrons. The van der Waals surface area contributed by atoms with Gasteiger partial charge in [0.1, 0.15) is 11.6 Å². The number of para-hydroxylation sites is 1. The van der Waals surface area contributed by atoms with Gasteiger partial charge in [-0.1, -0.05) is 6.07 Å². The minimum absolute atomic E-state index is 0.417. The summed E-state index contributed by atoms with van der Waals surface area (Å²) in [5.41, 5.74) is 1.79. The van der Waals surface area contributed by atoms with Crippen molar-refractivity contribution in [3.8, 4) is 11.9 Å². The molecule has 1 aromatic heterocycles. The highest BCUT2D eigenvalue weighted by Gasteiger charge is 2.03. The normalized spacial score (nSPS) is 9.71. The largest absolute Gasteiger partial charge is 0.480 e. The fourth-order valence-electron chi connectivity index (χ4n) is 1.21. The van der Waals surface area contributed by atoms with Crippen molar-refractivity contribution in [2.24, 2.45) is 0 Å². The summed E-state index contributed by atoms with van der Waals surface area (Å²) < 4.78 is 4.94. The number of nitrogens with zero attached hydrogens (tertiary/aromatic N) is 3. The molecule has 4 nitrogen and oxygen atoms in total. The SMILES string of the molecule is COc1cnc2cccc(C#N)c2n1. The van der Waals surface area contributed by atoms with Crippen molar-refractivity contribution in [2.75, 3.05) is 7.11 Å². The van der Waals surface area contributed by atoms with Crippen molar-refractivity contribution in [1.82, 2.24) is 9.97 Å². The van der Waals surface area contributed by atoms with Crippen LogP contribution in [0.5, 0.6) is 5.88 Å². The molecule has 0 fully saturated rings. The second-order valence-corrected chi connectivity index (χ2v) is 2.70. The average molecular weight is 185 g/mol. The molecule has 0 saturated heterocycles. The lowest BCUT2D eigenvalue weighted by molar-refractivity contribution is 0.397. The first-order chi connectivity index (χ1) is 6.85. The lowest BCUT2D eigenvalue weighted by Gasteiger charge is -2.00. The molecule has 14 heavy (non-hydrogen) atoms. The third kappa shape index (κ3) is 1.25. The van der Waals surface area contributed by atoms with E-state index in [-0.39, 0.29) is 0 Å². The first-order valence-corrected chi connectivity index (χ1v) is 4.05. The summed E-state index contributed by atoms with van der Waals surface area (Å²) in [7, 11) is 1.52. The number of benzene rings is 1. The zero-order valence-electron chi connectivity index (χ0n) is 7.56.